The van der Waals surface area contributed by atoms with Gasteiger partial charge in [0.25, 0.3) is 0 Å². The Balaban J connectivity index is 2.17. The molecule has 0 saturated heterocycles. The number of nitrogens with one attached hydrogen (secondary N) is 1. The van der Waals surface area contributed by atoms with Gasteiger partial charge >= 0.3 is 5.97 Å². The number of rotatable bonds is 4. The quantitative estimate of drug-likeness (QED) is 0.837. The van der Waals surface area contributed by atoms with Crippen molar-refractivity contribution >= 4 is 5.97 Å². The first-order valence-corrected chi connectivity index (χ1v) is 6.08. The van der Waals surface area contributed by atoms with Gasteiger partial charge in [-0.05, 0) is 31.4 Å². The molecule has 92 valence electrons. The van der Waals surface area contributed by atoms with Crippen LogP contribution in [0.15, 0.2) is 18.5 Å². The highest BCUT2D eigenvalue weighted by molar-refractivity contribution is 5.76. The minimum atomic E-state index is -0.826. The second kappa shape index (κ2) is 5.27. The summed E-state index contributed by atoms with van der Waals surface area (Å²) in [6.07, 6.45) is 7.86. The van der Waals surface area contributed by atoms with E-state index < -0.39 is 12.0 Å². The molecule has 0 aromatic carbocycles. The Labute approximate surface area is 101 Å². The summed E-state index contributed by atoms with van der Waals surface area (Å²) >= 11 is 0. The number of nitrogens with zero attached hydrogens (tertiary/aromatic N) is 1. The number of aryl methyl sites for hydroxylation is 1. The Hall–Kier alpha value is -1.42. The smallest absolute Gasteiger partial charge is 0.325 e. The fourth-order valence-electron chi connectivity index (χ4n) is 2.40. The maximum absolute atomic E-state index is 11.3. The molecule has 2 N–H and O–H groups in total. The average molecular weight is 234 g/mol. The Kier molecular flexibility index (Phi) is 3.74. The summed E-state index contributed by atoms with van der Waals surface area (Å²) in [5.74, 6) is -0.826. The third kappa shape index (κ3) is 2.82. The Morgan fingerprint density at radius 2 is 2.24 bits per heavy atom. The fourth-order valence-corrected chi connectivity index (χ4v) is 2.40. The molecule has 1 heterocycles. The van der Waals surface area contributed by atoms with Crippen LogP contribution in [-0.4, -0.2) is 22.1 Å². The van der Waals surface area contributed by atoms with Crippen molar-refractivity contribution in [2.75, 3.05) is 0 Å². The lowest BCUT2D eigenvalue weighted by atomic mass is 10.0. The molecule has 4 heteroatoms. The summed E-state index contributed by atoms with van der Waals surface area (Å²) < 4.78 is 0. The summed E-state index contributed by atoms with van der Waals surface area (Å²) in [7, 11) is 0. The Morgan fingerprint density at radius 1 is 1.53 bits per heavy atom. The van der Waals surface area contributed by atoms with Gasteiger partial charge in [0.15, 0.2) is 0 Å². The van der Waals surface area contributed by atoms with Gasteiger partial charge in [0.1, 0.15) is 6.04 Å². The third-order valence-corrected chi connectivity index (χ3v) is 3.40. The SMILES string of the molecule is Cc1ccncc1C(NC1CCCC1)C(=O)O. The van der Waals surface area contributed by atoms with Crippen LogP contribution in [0.1, 0.15) is 42.9 Å². The number of carboxylic acid groups (broad SMARTS) is 1. The maximum atomic E-state index is 11.3. The van der Waals surface area contributed by atoms with E-state index in [1.807, 2.05) is 13.0 Å². The summed E-state index contributed by atoms with van der Waals surface area (Å²) in [5.41, 5.74) is 1.74. The number of aromatic nitrogens is 1. The van der Waals surface area contributed by atoms with Crippen LogP contribution in [0, 0.1) is 6.92 Å². The molecule has 1 fully saturated rings. The molecular formula is C13H18N2O2. The number of carboxylic acids is 1. The molecule has 0 amide bonds. The number of hydrogen-bond acceptors (Lipinski definition) is 3. The van der Waals surface area contributed by atoms with Gasteiger partial charge in [0.05, 0.1) is 0 Å². The molecule has 1 atom stereocenters. The summed E-state index contributed by atoms with van der Waals surface area (Å²) in [6, 6.07) is 1.55. The van der Waals surface area contributed by atoms with Gasteiger partial charge in [-0.25, -0.2) is 0 Å². The van der Waals surface area contributed by atoms with Crippen LogP contribution in [0.25, 0.3) is 0 Å². The molecule has 0 radical (unpaired) electrons. The first kappa shape index (κ1) is 12.0. The van der Waals surface area contributed by atoms with Crippen LogP contribution in [0.3, 0.4) is 0 Å². The zero-order valence-corrected chi connectivity index (χ0v) is 10.0. The molecule has 1 aromatic rings. The van der Waals surface area contributed by atoms with Crippen LogP contribution in [0.2, 0.25) is 0 Å². The molecule has 0 aliphatic heterocycles. The predicted molar refractivity (Wildman–Crippen MR) is 64.7 cm³/mol. The zero-order chi connectivity index (χ0) is 12.3. The van der Waals surface area contributed by atoms with Crippen molar-refractivity contribution in [2.24, 2.45) is 0 Å². The molecule has 1 aliphatic rings. The fraction of sp³-hybridized carbons (Fsp3) is 0.538. The van der Waals surface area contributed by atoms with E-state index in [4.69, 9.17) is 0 Å². The molecule has 1 aromatic heterocycles. The average Bonchev–Trinajstić information content (AvgIpc) is 2.79. The second-order valence-corrected chi connectivity index (χ2v) is 4.65. The van der Waals surface area contributed by atoms with Gasteiger partial charge in [0, 0.05) is 24.0 Å². The lowest BCUT2D eigenvalue weighted by Gasteiger charge is -2.20. The van der Waals surface area contributed by atoms with Crippen LogP contribution in [0.5, 0.6) is 0 Å². The molecule has 1 saturated carbocycles. The van der Waals surface area contributed by atoms with E-state index in [0.717, 1.165) is 24.0 Å². The minimum Gasteiger partial charge on any atom is -0.480 e. The highest BCUT2D eigenvalue weighted by Gasteiger charge is 2.26. The van der Waals surface area contributed by atoms with Crippen molar-refractivity contribution in [1.82, 2.24) is 10.3 Å². The van der Waals surface area contributed by atoms with Crippen LogP contribution >= 0.6 is 0 Å². The van der Waals surface area contributed by atoms with Crippen molar-refractivity contribution < 1.29 is 9.90 Å². The first-order valence-electron chi connectivity index (χ1n) is 6.08. The molecule has 17 heavy (non-hydrogen) atoms. The number of pyridine rings is 1. The van der Waals surface area contributed by atoms with Gasteiger partial charge in [-0.15, -0.1) is 0 Å². The summed E-state index contributed by atoms with van der Waals surface area (Å²) in [4.78, 5) is 15.4. The van der Waals surface area contributed by atoms with Crippen molar-refractivity contribution in [3.05, 3.63) is 29.6 Å². The van der Waals surface area contributed by atoms with Gasteiger partial charge < -0.3 is 5.11 Å². The van der Waals surface area contributed by atoms with Crippen molar-refractivity contribution in [1.29, 1.82) is 0 Å². The van der Waals surface area contributed by atoms with Gasteiger partial charge in [0.2, 0.25) is 0 Å². The lowest BCUT2D eigenvalue weighted by Crippen LogP contribution is -2.35. The highest BCUT2D eigenvalue weighted by Crippen LogP contribution is 2.23. The standard InChI is InChI=1S/C13H18N2O2/c1-9-6-7-14-8-11(9)12(13(16)17)15-10-4-2-3-5-10/h6-8,10,12,15H,2-5H2,1H3,(H,16,17). The molecule has 2 rings (SSSR count). The minimum absolute atomic E-state index is 0.329. The van der Waals surface area contributed by atoms with Crippen molar-refractivity contribution in [3.63, 3.8) is 0 Å². The molecule has 1 aliphatic carbocycles. The third-order valence-electron chi connectivity index (χ3n) is 3.40. The van der Waals surface area contributed by atoms with E-state index in [2.05, 4.69) is 10.3 Å². The van der Waals surface area contributed by atoms with Crippen molar-refractivity contribution in [2.45, 2.75) is 44.7 Å². The Morgan fingerprint density at radius 3 is 2.82 bits per heavy atom. The summed E-state index contributed by atoms with van der Waals surface area (Å²) in [6.45, 7) is 1.92. The van der Waals surface area contributed by atoms with E-state index in [1.54, 1.807) is 12.4 Å². The molecular weight excluding hydrogens is 216 g/mol. The van der Waals surface area contributed by atoms with Gasteiger partial charge in [-0.3, -0.25) is 15.1 Å². The highest BCUT2D eigenvalue weighted by atomic mass is 16.4. The van der Waals surface area contributed by atoms with Gasteiger partial charge in [-0.1, -0.05) is 12.8 Å². The molecule has 0 spiro atoms. The van der Waals surface area contributed by atoms with E-state index in [-0.39, 0.29) is 0 Å². The monoisotopic (exact) mass is 234 g/mol. The normalized spacial score (nSPS) is 18.2. The van der Waals surface area contributed by atoms with E-state index in [9.17, 15) is 9.90 Å². The number of hydrogen-bond donors (Lipinski definition) is 2. The molecule has 0 bridgehead atoms. The molecule has 1 unspecified atom stereocenters. The second-order valence-electron chi connectivity index (χ2n) is 4.65. The van der Waals surface area contributed by atoms with E-state index >= 15 is 0 Å². The van der Waals surface area contributed by atoms with E-state index in [1.165, 1.54) is 12.8 Å². The van der Waals surface area contributed by atoms with E-state index in [0.29, 0.717) is 6.04 Å². The first-order chi connectivity index (χ1) is 8.18. The van der Waals surface area contributed by atoms with Crippen LogP contribution in [0.4, 0.5) is 0 Å². The number of carbonyl (C=O) groups is 1. The maximum Gasteiger partial charge on any atom is 0.325 e. The Bertz CT molecular complexity index is 400. The summed E-state index contributed by atoms with van der Waals surface area (Å²) in [5, 5.41) is 12.6. The van der Waals surface area contributed by atoms with Crippen LogP contribution < -0.4 is 5.32 Å². The van der Waals surface area contributed by atoms with Crippen LogP contribution in [-0.2, 0) is 4.79 Å². The molecule has 4 nitrogen and oxygen atoms in total. The van der Waals surface area contributed by atoms with Gasteiger partial charge in [-0.2, -0.15) is 0 Å². The lowest BCUT2D eigenvalue weighted by molar-refractivity contribution is -0.139. The zero-order valence-electron chi connectivity index (χ0n) is 10.0. The predicted octanol–water partition coefficient (Wildman–Crippen LogP) is 2.05. The largest absolute Gasteiger partial charge is 0.480 e. The van der Waals surface area contributed by atoms with Crippen molar-refractivity contribution in [3.8, 4) is 0 Å². The number of aliphatic carboxylic acids is 1. The topological polar surface area (TPSA) is 62.2 Å².